The minimum atomic E-state index is -0.960. The largest absolute Gasteiger partial charge is 0.445 e. The summed E-state index contributed by atoms with van der Waals surface area (Å²) in [6.07, 6.45) is 0.883. The lowest BCUT2D eigenvalue weighted by molar-refractivity contribution is -0.125. The minimum Gasteiger partial charge on any atom is -0.445 e. The second kappa shape index (κ2) is 9.92. The second-order valence-corrected chi connectivity index (χ2v) is 9.05. The van der Waals surface area contributed by atoms with Crippen molar-refractivity contribution in [1.29, 1.82) is 0 Å². The van der Waals surface area contributed by atoms with Gasteiger partial charge in [-0.15, -0.1) is 0 Å². The fraction of sp³-hybridized carbons (Fsp3) is 0.231. The molecule has 164 valence electrons. The van der Waals surface area contributed by atoms with Crippen LogP contribution in [0, 0.1) is 0 Å². The topological polar surface area (TPSA) is 58.6 Å². The number of amides is 2. The molecule has 1 fully saturated rings. The zero-order chi connectivity index (χ0) is 22.4. The Kier molecular flexibility index (Phi) is 6.81. The van der Waals surface area contributed by atoms with E-state index in [2.05, 4.69) is 5.32 Å². The molecule has 0 aliphatic carbocycles. The van der Waals surface area contributed by atoms with Gasteiger partial charge in [0.15, 0.2) is 0 Å². The molecule has 1 unspecified atom stereocenters. The van der Waals surface area contributed by atoms with Crippen LogP contribution in [-0.2, 0) is 16.1 Å². The number of nitrogens with one attached hydrogen (secondary N) is 1. The molecule has 6 heteroatoms. The van der Waals surface area contributed by atoms with Crippen LogP contribution in [0.1, 0.15) is 25.3 Å². The van der Waals surface area contributed by atoms with Crippen molar-refractivity contribution in [3.05, 3.63) is 90.5 Å². The third kappa shape index (κ3) is 4.97. The summed E-state index contributed by atoms with van der Waals surface area (Å²) in [5.41, 5.74) is 0.688. The number of ether oxygens (including phenoxy) is 1. The Labute approximate surface area is 192 Å². The Morgan fingerprint density at radius 3 is 2.38 bits per heavy atom. The summed E-state index contributed by atoms with van der Waals surface area (Å²) in [7, 11) is 0. The van der Waals surface area contributed by atoms with E-state index in [4.69, 9.17) is 4.74 Å². The smallest absolute Gasteiger partial charge is 0.410 e. The molecule has 0 saturated carbocycles. The van der Waals surface area contributed by atoms with Crippen molar-refractivity contribution in [3.63, 3.8) is 0 Å². The summed E-state index contributed by atoms with van der Waals surface area (Å²) in [6.45, 7) is 2.49. The number of hydrogen-bond donors (Lipinski definition) is 1. The predicted molar refractivity (Wildman–Crippen MR) is 127 cm³/mol. The standard InChI is InChI=1S/C26H26N2O3S/c1-26(17-10-18-28(26)25(30)31-19-20-11-4-2-5-12-20)24(29)27-22-15-8-9-16-23(22)32-21-13-6-3-7-14-21/h2-9,11-16H,10,17-19H2,1H3,(H,27,29). The van der Waals surface area contributed by atoms with E-state index in [0.29, 0.717) is 13.0 Å². The van der Waals surface area contributed by atoms with Crippen LogP contribution in [0.4, 0.5) is 10.5 Å². The van der Waals surface area contributed by atoms with Gasteiger partial charge in [-0.3, -0.25) is 9.69 Å². The number of para-hydroxylation sites is 1. The third-order valence-corrected chi connectivity index (χ3v) is 6.75. The first-order chi connectivity index (χ1) is 15.6. The Balaban J connectivity index is 1.46. The fourth-order valence-electron chi connectivity index (χ4n) is 3.82. The average molecular weight is 447 g/mol. The number of likely N-dealkylation sites (tertiary alicyclic amines) is 1. The molecular weight excluding hydrogens is 420 g/mol. The van der Waals surface area contributed by atoms with E-state index in [0.717, 1.165) is 27.5 Å². The van der Waals surface area contributed by atoms with Crippen LogP contribution in [0.15, 0.2) is 94.7 Å². The molecule has 5 nitrogen and oxygen atoms in total. The van der Waals surface area contributed by atoms with Gasteiger partial charge in [-0.25, -0.2) is 4.79 Å². The summed E-state index contributed by atoms with van der Waals surface area (Å²) < 4.78 is 5.51. The van der Waals surface area contributed by atoms with Gasteiger partial charge in [0.25, 0.3) is 0 Å². The first kappa shape index (κ1) is 22.0. The normalized spacial score (nSPS) is 17.7. The number of benzene rings is 3. The molecule has 0 aromatic heterocycles. The SMILES string of the molecule is CC1(C(=O)Nc2ccccc2Sc2ccccc2)CCCN1C(=O)OCc1ccccc1. The van der Waals surface area contributed by atoms with Crippen molar-refractivity contribution in [3.8, 4) is 0 Å². The van der Waals surface area contributed by atoms with Crippen molar-refractivity contribution in [1.82, 2.24) is 4.90 Å². The molecule has 2 amide bonds. The molecule has 1 aliphatic rings. The number of carbonyl (C=O) groups is 2. The second-order valence-electron chi connectivity index (χ2n) is 7.93. The fourth-order valence-corrected chi connectivity index (χ4v) is 4.74. The van der Waals surface area contributed by atoms with E-state index < -0.39 is 11.6 Å². The highest BCUT2D eigenvalue weighted by atomic mass is 32.2. The van der Waals surface area contributed by atoms with Gasteiger partial charge in [0.05, 0.1) is 5.69 Å². The van der Waals surface area contributed by atoms with Gasteiger partial charge < -0.3 is 10.1 Å². The zero-order valence-electron chi connectivity index (χ0n) is 18.0. The minimum absolute atomic E-state index is 0.185. The van der Waals surface area contributed by atoms with E-state index in [9.17, 15) is 9.59 Å². The van der Waals surface area contributed by atoms with Crippen LogP contribution in [0.2, 0.25) is 0 Å². The average Bonchev–Trinajstić information content (AvgIpc) is 3.23. The van der Waals surface area contributed by atoms with Gasteiger partial charge >= 0.3 is 6.09 Å². The van der Waals surface area contributed by atoms with E-state index in [1.54, 1.807) is 16.7 Å². The summed E-state index contributed by atoms with van der Waals surface area (Å²) in [6, 6.07) is 27.3. The maximum Gasteiger partial charge on any atom is 0.410 e. The Morgan fingerprint density at radius 2 is 1.62 bits per heavy atom. The molecule has 1 atom stereocenters. The summed E-state index contributed by atoms with van der Waals surface area (Å²) in [5.74, 6) is -0.201. The Morgan fingerprint density at radius 1 is 0.969 bits per heavy atom. The maximum absolute atomic E-state index is 13.4. The first-order valence-corrected chi connectivity index (χ1v) is 11.5. The van der Waals surface area contributed by atoms with Crippen molar-refractivity contribution >= 4 is 29.4 Å². The van der Waals surface area contributed by atoms with E-state index in [1.807, 2.05) is 91.9 Å². The number of nitrogens with zero attached hydrogens (tertiary/aromatic N) is 1. The molecule has 1 heterocycles. The third-order valence-electron chi connectivity index (χ3n) is 5.66. The van der Waals surface area contributed by atoms with Crippen LogP contribution < -0.4 is 5.32 Å². The maximum atomic E-state index is 13.4. The highest BCUT2D eigenvalue weighted by Gasteiger charge is 2.46. The molecule has 3 aromatic rings. The summed E-state index contributed by atoms with van der Waals surface area (Å²) in [4.78, 5) is 29.8. The first-order valence-electron chi connectivity index (χ1n) is 10.7. The monoisotopic (exact) mass is 446 g/mol. The summed E-state index contributed by atoms with van der Waals surface area (Å²) in [5, 5.41) is 3.06. The lowest BCUT2D eigenvalue weighted by atomic mass is 9.98. The van der Waals surface area contributed by atoms with Gasteiger partial charge in [0, 0.05) is 16.3 Å². The van der Waals surface area contributed by atoms with Crippen LogP contribution >= 0.6 is 11.8 Å². The van der Waals surface area contributed by atoms with Gasteiger partial charge in [0.1, 0.15) is 12.1 Å². The van der Waals surface area contributed by atoms with Crippen LogP contribution in [0.3, 0.4) is 0 Å². The van der Waals surface area contributed by atoms with Crippen molar-refractivity contribution in [2.45, 2.75) is 41.7 Å². The van der Waals surface area contributed by atoms with Crippen molar-refractivity contribution in [2.24, 2.45) is 0 Å². The molecular formula is C26H26N2O3S. The molecule has 1 saturated heterocycles. The molecule has 1 aliphatic heterocycles. The van der Waals surface area contributed by atoms with Crippen LogP contribution in [0.25, 0.3) is 0 Å². The molecule has 0 bridgehead atoms. The number of rotatable bonds is 6. The van der Waals surface area contributed by atoms with Crippen molar-refractivity contribution < 1.29 is 14.3 Å². The quantitative estimate of drug-likeness (QED) is 0.507. The van der Waals surface area contributed by atoms with E-state index in [1.165, 1.54) is 0 Å². The van der Waals surface area contributed by atoms with E-state index >= 15 is 0 Å². The van der Waals surface area contributed by atoms with Gasteiger partial charge in [-0.05, 0) is 49.6 Å². The number of hydrogen-bond acceptors (Lipinski definition) is 4. The Hall–Kier alpha value is -3.25. The van der Waals surface area contributed by atoms with Gasteiger partial charge in [-0.2, -0.15) is 0 Å². The number of anilines is 1. The van der Waals surface area contributed by atoms with Crippen LogP contribution in [-0.4, -0.2) is 29.0 Å². The molecule has 0 spiro atoms. The van der Waals surface area contributed by atoms with Crippen LogP contribution in [0.5, 0.6) is 0 Å². The molecule has 4 rings (SSSR count). The molecule has 32 heavy (non-hydrogen) atoms. The molecule has 0 radical (unpaired) electrons. The molecule has 3 aromatic carbocycles. The predicted octanol–water partition coefficient (Wildman–Crippen LogP) is 5.97. The van der Waals surface area contributed by atoms with Gasteiger partial charge in [0.2, 0.25) is 5.91 Å². The lowest BCUT2D eigenvalue weighted by Crippen LogP contribution is -2.53. The summed E-state index contributed by atoms with van der Waals surface area (Å²) >= 11 is 1.59. The Bertz CT molecular complexity index is 1070. The molecule has 1 N–H and O–H groups in total. The zero-order valence-corrected chi connectivity index (χ0v) is 18.8. The highest BCUT2D eigenvalue weighted by molar-refractivity contribution is 7.99. The van der Waals surface area contributed by atoms with Crippen molar-refractivity contribution in [2.75, 3.05) is 11.9 Å². The lowest BCUT2D eigenvalue weighted by Gasteiger charge is -2.33. The number of carbonyl (C=O) groups excluding carboxylic acids is 2. The highest BCUT2D eigenvalue weighted by Crippen LogP contribution is 2.36. The van der Waals surface area contributed by atoms with Gasteiger partial charge in [-0.1, -0.05) is 72.4 Å². The van der Waals surface area contributed by atoms with E-state index in [-0.39, 0.29) is 12.5 Å².